The van der Waals surface area contributed by atoms with Gasteiger partial charge in [0.1, 0.15) is 5.82 Å². The Kier molecular flexibility index (Phi) is 4.36. The molecule has 1 aliphatic heterocycles. The third-order valence-electron chi connectivity index (χ3n) is 2.98. The van der Waals surface area contributed by atoms with E-state index >= 15 is 0 Å². The Morgan fingerprint density at radius 3 is 2.67 bits per heavy atom. The van der Waals surface area contributed by atoms with Gasteiger partial charge < -0.3 is 15.0 Å². The number of nitrogens with one attached hydrogen (secondary N) is 1. The number of rotatable bonds is 4. The normalized spacial score (nSPS) is 16.1. The standard InChI is InChI=1S/C13H22N4O/c1-4-14-12-9-11(10(2)3)15-13(16-12)17-5-7-18-8-6-17/h9-10H,4-8H2,1-3H3,(H,14,15,16). The number of ether oxygens (including phenoxy) is 1. The van der Waals surface area contributed by atoms with Crippen LogP contribution in [0.4, 0.5) is 11.8 Å². The van der Waals surface area contributed by atoms with Gasteiger partial charge in [0.05, 0.1) is 18.9 Å². The molecule has 0 amide bonds. The summed E-state index contributed by atoms with van der Waals surface area (Å²) < 4.78 is 5.36. The highest BCUT2D eigenvalue weighted by Gasteiger charge is 2.16. The molecule has 1 aromatic rings. The number of morpholine rings is 1. The molecule has 100 valence electrons. The summed E-state index contributed by atoms with van der Waals surface area (Å²) in [5.74, 6) is 2.14. The predicted molar refractivity (Wildman–Crippen MR) is 73.3 cm³/mol. The number of anilines is 2. The molecule has 0 aromatic carbocycles. The summed E-state index contributed by atoms with van der Waals surface area (Å²) in [4.78, 5) is 11.4. The van der Waals surface area contributed by atoms with Crippen LogP contribution in [0.3, 0.4) is 0 Å². The Morgan fingerprint density at radius 2 is 2.06 bits per heavy atom. The van der Waals surface area contributed by atoms with Gasteiger partial charge in [0.2, 0.25) is 5.95 Å². The summed E-state index contributed by atoms with van der Waals surface area (Å²) in [6.07, 6.45) is 0. The van der Waals surface area contributed by atoms with Gasteiger partial charge in [0, 0.05) is 25.7 Å². The number of hydrogen-bond acceptors (Lipinski definition) is 5. The van der Waals surface area contributed by atoms with E-state index in [1.807, 2.05) is 6.07 Å². The molecule has 2 rings (SSSR count). The minimum absolute atomic E-state index is 0.408. The second-order valence-electron chi connectivity index (χ2n) is 4.76. The molecule has 0 unspecified atom stereocenters. The van der Waals surface area contributed by atoms with Gasteiger partial charge in [-0.1, -0.05) is 13.8 Å². The first-order valence-corrected chi connectivity index (χ1v) is 6.66. The monoisotopic (exact) mass is 250 g/mol. The van der Waals surface area contributed by atoms with E-state index in [1.165, 1.54) is 0 Å². The maximum Gasteiger partial charge on any atom is 0.227 e. The summed E-state index contributed by atoms with van der Waals surface area (Å²) in [7, 11) is 0. The topological polar surface area (TPSA) is 50.3 Å². The molecule has 1 aromatic heterocycles. The average Bonchev–Trinajstić information content (AvgIpc) is 2.40. The van der Waals surface area contributed by atoms with Crippen molar-refractivity contribution in [2.24, 2.45) is 0 Å². The van der Waals surface area contributed by atoms with E-state index < -0.39 is 0 Å². The lowest BCUT2D eigenvalue weighted by atomic mass is 10.1. The van der Waals surface area contributed by atoms with Crippen molar-refractivity contribution >= 4 is 11.8 Å². The molecule has 1 N–H and O–H groups in total. The molecule has 5 heteroatoms. The summed E-state index contributed by atoms with van der Waals surface area (Å²) in [6, 6.07) is 2.04. The van der Waals surface area contributed by atoms with Crippen molar-refractivity contribution in [2.45, 2.75) is 26.7 Å². The van der Waals surface area contributed by atoms with Crippen LogP contribution in [-0.2, 0) is 4.74 Å². The maximum atomic E-state index is 5.36. The molecule has 0 bridgehead atoms. The van der Waals surface area contributed by atoms with E-state index in [2.05, 4.69) is 41.0 Å². The van der Waals surface area contributed by atoms with Crippen molar-refractivity contribution in [3.63, 3.8) is 0 Å². The third-order valence-corrected chi connectivity index (χ3v) is 2.98. The molecule has 5 nitrogen and oxygen atoms in total. The fourth-order valence-electron chi connectivity index (χ4n) is 1.93. The van der Waals surface area contributed by atoms with Crippen LogP contribution >= 0.6 is 0 Å². The molecule has 0 saturated carbocycles. The van der Waals surface area contributed by atoms with Crippen molar-refractivity contribution in [3.8, 4) is 0 Å². The van der Waals surface area contributed by atoms with E-state index in [4.69, 9.17) is 4.74 Å². The van der Waals surface area contributed by atoms with Crippen molar-refractivity contribution < 1.29 is 4.74 Å². The Balaban J connectivity index is 2.26. The molecule has 0 atom stereocenters. The van der Waals surface area contributed by atoms with Crippen LogP contribution in [0.15, 0.2) is 6.07 Å². The van der Waals surface area contributed by atoms with Gasteiger partial charge in [0.25, 0.3) is 0 Å². The van der Waals surface area contributed by atoms with E-state index in [-0.39, 0.29) is 0 Å². The summed E-state index contributed by atoms with van der Waals surface area (Å²) in [6.45, 7) is 10.5. The fraction of sp³-hybridized carbons (Fsp3) is 0.692. The second-order valence-corrected chi connectivity index (χ2v) is 4.76. The predicted octanol–water partition coefficient (Wildman–Crippen LogP) is 1.87. The zero-order valence-corrected chi connectivity index (χ0v) is 11.4. The van der Waals surface area contributed by atoms with Gasteiger partial charge >= 0.3 is 0 Å². The smallest absolute Gasteiger partial charge is 0.227 e. The lowest BCUT2D eigenvalue weighted by Crippen LogP contribution is -2.37. The van der Waals surface area contributed by atoms with Crippen molar-refractivity contribution in [1.29, 1.82) is 0 Å². The molecular formula is C13H22N4O. The minimum atomic E-state index is 0.408. The van der Waals surface area contributed by atoms with Crippen LogP contribution in [-0.4, -0.2) is 42.8 Å². The van der Waals surface area contributed by atoms with E-state index in [1.54, 1.807) is 0 Å². The molecule has 18 heavy (non-hydrogen) atoms. The van der Waals surface area contributed by atoms with Crippen LogP contribution in [0.5, 0.6) is 0 Å². The first kappa shape index (κ1) is 13.1. The van der Waals surface area contributed by atoms with E-state index in [0.717, 1.165) is 50.3 Å². The Bertz CT molecular complexity index is 389. The van der Waals surface area contributed by atoms with Gasteiger partial charge in [-0.2, -0.15) is 4.98 Å². The Morgan fingerprint density at radius 1 is 1.33 bits per heavy atom. The van der Waals surface area contributed by atoms with Gasteiger partial charge in [-0.05, 0) is 12.8 Å². The van der Waals surface area contributed by atoms with Gasteiger partial charge in [-0.15, -0.1) is 0 Å². The summed E-state index contributed by atoms with van der Waals surface area (Å²) >= 11 is 0. The number of aromatic nitrogens is 2. The van der Waals surface area contributed by atoms with Crippen LogP contribution < -0.4 is 10.2 Å². The first-order valence-electron chi connectivity index (χ1n) is 6.66. The van der Waals surface area contributed by atoms with Crippen LogP contribution in [0, 0.1) is 0 Å². The third kappa shape index (κ3) is 3.10. The first-order chi connectivity index (χ1) is 8.70. The molecule has 0 aliphatic carbocycles. The molecule has 0 spiro atoms. The van der Waals surface area contributed by atoms with Crippen molar-refractivity contribution in [2.75, 3.05) is 43.1 Å². The van der Waals surface area contributed by atoms with Gasteiger partial charge in [-0.25, -0.2) is 4.98 Å². The number of nitrogens with zero attached hydrogens (tertiary/aromatic N) is 3. The summed E-state index contributed by atoms with van der Waals surface area (Å²) in [5.41, 5.74) is 1.09. The Hall–Kier alpha value is -1.36. The quantitative estimate of drug-likeness (QED) is 0.884. The van der Waals surface area contributed by atoms with Gasteiger partial charge in [0.15, 0.2) is 0 Å². The van der Waals surface area contributed by atoms with Crippen LogP contribution in [0.2, 0.25) is 0 Å². The van der Waals surface area contributed by atoms with Crippen molar-refractivity contribution in [1.82, 2.24) is 9.97 Å². The highest BCUT2D eigenvalue weighted by Crippen LogP contribution is 2.20. The molecule has 0 radical (unpaired) electrons. The number of hydrogen-bond donors (Lipinski definition) is 1. The van der Waals surface area contributed by atoms with E-state index in [0.29, 0.717) is 5.92 Å². The molecule has 1 fully saturated rings. The Labute approximate surface area is 109 Å². The van der Waals surface area contributed by atoms with E-state index in [9.17, 15) is 0 Å². The molecule has 2 heterocycles. The van der Waals surface area contributed by atoms with Crippen LogP contribution in [0.25, 0.3) is 0 Å². The summed E-state index contributed by atoms with van der Waals surface area (Å²) in [5, 5.41) is 3.27. The highest BCUT2D eigenvalue weighted by molar-refractivity contribution is 5.44. The zero-order chi connectivity index (χ0) is 13.0. The lowest BCUT2D eigenvalue weighted by molar-refractivity contribution is 0.122. The second kappa shape index (κ2) is 6.00. The maximum absolute atomic E-state index is 5.36. The van der Waals surface area contributed by atoms with Crippen molar-refractivity contribution in [3.05, 3.63) is 11.8 Å². The fourth-order valence-corrected chi connectivity index (χ4v) is 1.93. The lowest BCUT2D eigenvalue weighted by Gasteiger charge is -2.27. The molecule has 1 aliphatic rings. The van der Waals surface area contributed by atoms with Crippen LogP contribution in [0.1, 0.15) is 32.4 Å². The zero-order valence-electron chi connectivity index (χ0n) is 11.4. The largest absolute Gasteiger partial charge is 0.378 e. The van der Waals surface area contributed by atoms with Gasteiger partial charge in [-0.3, -0.25) is 0 Å². The highest BCUT2D eigenvalue weighted by atomic mass is 16.5. The average molecular weight is 250 g/mol. The molecular weight excluding hydrogens is 228 g/mol. The minimum Gasteiger partial charge on any atom is -0.378 e. The SMILES string of the molecule is CCNc1cc(C(C)C)nc(N2CCOCC2)n1. The molecule has 1 saturated heterocycles.